The Labute approximate surface area is 161 Å². The minimum Gasteiger partial charge on any atom is -0.492 e. The molecule has 0 unspecified atom stereocenters. The standard InChI is InChI=1S/C18H13ClF4N2O3/c1-28-16-10(21)3-2-7(13(16)19)8-6-24-17(26)12(8)18(27)25-11-5-4-9(20)14(22)15(11)23/h2-5,8,12H,6H2,1H3,(H,24,26)(H,25,27)/t8-,12-/m1/s1. The van der Waals surface area contributed by atoms with Gasteiger partial charge in [0.2, 0.25) is 11.8 Å². The number of anilines is 1. The summed E-state index contributed by atoms with van der Waals surface area (Å²) < 4.78 is 58.9. The summed E-state index contributed by atoms with van der Waals surface area (Å²) in [5.41, 5.74) is -0.352. The van der Waals surface area contributed by atoms with Gasteiger partial charge in [0, 0.05) is 12.5 Å². The van der Waals surface area contributed by atoms with Crippen LogP contribution in [0.2, 0.25) is 5.02 Å². The molecule has 2 aromatic carbocycles. The fourth-order valence-electron chi connectivity index (χ4n) is 3.07. The van der Waals surface area contributed by atoms with Gasteiger partial charge in [-0.1, -0.05) is 17.7 Å². The molecule has 1 aliphatic heterocycles. The van der Waals surface area contributed by atoms with Crippen molar-refractivity contribution >= 4 is 29.1 Å². The maximum atomic E-state index is 13.8. The molecule has 1 heterocycles. The van der Waals surface area contributed by atoms with Crippen molar-refractivity contribution in [3.63, 3.8) is 0 Å². The lowest BCUT2D eigenvalue weighted by Crippen LogP contribution is -2.32. The number of benzene rings is 2. The summed E-state index contributed by atoms with van der Waals surface area (Å²) in [5, 5.41) is 4.45. The molecule has 3 rings (SSSR count). The summed E-state index contributed by atoms with van der Waals surface area (Å²) in [6.45, 7) is 0.00564. The number of carbonyl (C=O) groups excluding carboxylic acids is 2. The van der Waals surface area contributed by atoms with Crippen LogP contribution in [0.25, 0.3) is 0 Å². The Morgan fingerprint density at radius 3 is 2.50 bits per heavy atom. The average Bonchev–Trinajstić information content (AvgIpc) is 3.04. The molecule has 0 saturated carbocycles. The highest BCUT2D eigenvalue weighted by atomic mass is 35.5. The normalized spacial score (nSPS) is 18.7. The largest absolute Gasteiger partial charge is 0.492 e. The molecule has 0 aliphatic carbocycles. The van der Waals surface area contributed by atoms with Crippen molar-refractivity contribution in [2.45, 2.75) is 5.92 Å². The predicted molar refractivity (Wildman–Crippen MR) is 92.1 cm³/mol. The van der Waals surface area contributed by atoms with E-state index in [2.05, 4.69) is 10.6 Å². The minimum absolute atomic E-state index is 0.00564. The number of amides is 2. The molecule has 2 aromatic rings. The van der Waals surface area contributed by atoms with Gasteiger partial charge in [0.25, 0.3) is 0 Å². The third-order valence-electron chi connectivity index (χ3n) is 4.44. The second-order valence-corrected chi connectivity index (χ2v) is 6.40. The number of halogens is 5. The SMILES string of the molecule is COc1c(F)ccc([C@H]2CNC(=O)[C@@H]2C(=O)Nc2ccc(F)c(F)c2F)c1Cl. The van der Waals surface area contributed by atoms with Crippen molar-refractivity contribution in [1.29, 1.82) is 0 Å². The van der Waals surface area contributed by atoms with E-state index < -0.39 is 52.6 Å². The van der Waals surface area contributed by atoms with Crippen LogP contribution in [0.3, 0.4) is 0 Å². The van der Waals surface area contributed by atoms with Crippen LogP contribution in [-0.2, 0) is 9.59 Å². The quantitative estimate of drug-likeness (QED) is 0.456. The van der Waals surface area contributed by atoms with Crippen LogP contribution in [0.15, 0.2) is 24.3 Å². The number of rotatable bonds is 4. The van der Waals surface area contributed by atoms with E-state index in [1.165, 1.54) is 13.2 Å². The molecule has 0 radical (unpaired) electrons. The van der Waals surface area contributed by atoms with E-state index in [-0.39, 0.29) is 22.9 Å². The van der Waals surface area contributed by atoms with Gasteiger partial charge in [0.05, 0.1) is 17.8 Å². The molecule has 2 N–H and O–H groups in total. The molecular formula is C18H13ClF4N2O3. The Kier molecular flexibility index (Phi) is 5.46. The maximum Gasteiger partial charge on any atom is 0.237 e. The Bertz CT molecular complexity index is 970. The van der Waals surface area contributed by atoms with Crippen LogP contribution in [0.1, 0.15) is 11.5 Å². The van der Waals surface area contributed by atoms with Gasteiger partial charge in [0.15, 0.2) is 29.0 Å². The van der Waals surface area contributed by atoms with Crippen molar-refractivity contribution in [3.8, 4) is 5.75 Å². The Balaban J connectivity index is 1.93. The predicted octanol–water partition coefficient (Wildman–Crippen LogP) is 3.37. The van der Waals surface area contributed by atoms with Gasteiger partial charge in [-0.3, -0.25) is 9.59 Å². The number of methoxy groups -OCH3 is 1. The van der Waals surface area contributed by atoms with Gasteiger partial charge in [-0.05, 0) is 23.8 Å². The summed E-state index contributed by atoms with van der Waals surface area (Å²) in [6, 6.07) is 3.86. The first-order valence-electron chi connectivity index (χ1n) is 8.00. The van der Waals surface area contributed by atoms with Crippen molar-refractivity contribution in [2.24, 2.45) is 5.92 Å². The highest BCUT2D eigenvalue weighted by molar-refractivity contribution is 6.33. The molecule has 148 valence electrons. The molecule has 10 heteroatoms. The molecular weight excluding hydrogens is 404 g/mol. The van der Waals surface area contributed by atoms with Gasteiger partial charge < -0.3 is 15.4 Å². The van der Waals surface area contributed by atoms with E-state index >= 15 is 0 Å². The van der Waals surface area contributed by atoms with Crippen LogP contribution in [0.4, 0.5) is 23.2 Å². The van der Waals surface area contributed by atoms with Crippen LogP contribution in [-0.4, -0.2) is 25.5 Å². The first kappa shape index (κ1) is 19.9. The van der Waals surface area contributed by atoms with E-state index in [0.717, 1.165) is 12.1 Å². The summed E-state index contributed by atoms with van der Waals surface area (Å²) in [6.07, 6.45) is 0. The Hall–Kier alpha value is -2.81. The van der Waals surface area contributed by atoms with E-state index in [1.807, 2.05) is 0 Å². The molecule has 2 amide bonds. The topological polar surface area (TPSA) is 67.4 Å². The third-order valence-corrected chi connectivity index (χ3v) is 4.83. The zero-order chi connectivity index (χ0) is 20.6. The van der Waals surface area contributed by atoms with E-state index in [1.54, 1.807) is 0 Å². The summed E-state index contributed by atoms with van der Waals surface area (Å²) >= 11 is 6.15. The first-order chi connectivity index (χ1) is 13.3. The van der Waals surface area contributed by atoms with Gasteiger partial charge in [-0.25, -0.2) is 17.6 Å². The van der Waals surface area contributed by atoms with Crippen molar-refractivity contribution in [3.05, 3.63) is 58.1 Å². The number of ether oxygens (including phenoxy) is 1. The molecule has 0 aromatic heterocycles. The lowest BCUT2D eigenvalue weighted by Gasteiger charge is -2.19. The maximum absolute atomic E-state index is 13.8. The molecule has 2 atom stereocenters. The monoisotopic (exact) mass is 416 g/mol. The van der Waals surface area contributed by atoms with E-state index in [0.29, 0.717) is 6.07 Å². The fraction of sp³-hybridized carbons (Fsp3) is 0.222. The average molecular weight is 417 g/mol. The van der Waals surface area contributed by atoms with Crippen LogP contribution < -0.4 is 15.4 Å². The zero-order valence-electron chi connectivity index (χ0n) is 14.3. The zero-order valence-corrected chi connectivity index (χ0v) is 15.0. The van der Waals surface area contributed by atoms with Crippen molar-refractivity contribution in [2.75, 3.05) is 19.0 Å². The molecule has 1 aliphatic rings. The van der Waals surface area contributed by atoms with Gasteiger partial charge in [-0.15, -0.1) is 0 Å². The number of carbonyl (C=O) groups is 2. The fourth-order valence-corrected chi connectivity index (χ4v) is 3.44. The van der Waals surface area contributed by atoms with Crippen LogP contribution in [0.5, 0.6) is 5.75 Å². The number of nitrogens with one attached hydrogen (secondary N) is 2. The highest BCUT2D eigenvalue weighted by Gasteiger charge is 2.42. The van der Waals surface area contributed by atoms with E-state index in [9.17, 15) is 27.2 Å². The molecule has 5 nitrogen and oxygen atoms in total. The van der Waals surface area contributed by atoms with Gasteiger partial charge in [-0.2, -0.15) is 0 Å². The molecule has 0 bridgehead atoms. The summed E-state index contributed by atoms with van der Waals surface area (Å²) in [7, 11) is 1.21. The Morgan fingerprint density at radius 2 is 1.82 bits per heavy atom. The van der Waals surface area contributed by atoms with Crippen molar-refractivity contribution < 1.29 is 31.9 Å². The highest BCUT2D eigenvalue weighted by Crippen LogP contribution is 2.40. The number of hydrogen-bond donors (Lipinski definition) is 2. The van der Waals surface area contributed by atoms with Crippen LogP contribution >= 0.6 is 11.6 Å². The summed E-state index contributed by atoms with van der Waals surface area (Å²) in [4.78, 5) is 24.8. The van der Waals surface area contributed by atoms with Gasteiger partial charge >= 0.3 is 0 Å². The lowest BCUT2D eigenvalue weighted by molar-refractivity contribution is -0.130. The number of hydrogen-bond acceptors (Lipinski definition) is 3. The molecule has 1 fully saturated rings. The molecule has 28 heavy (non-hydrogen) atoms. The van der Waals surface area contributed by atoms with Gasteiger partial charge in [0.1, 0.15) is 5.92 Å². The third kappa shape index (κ3) is 3.37. The first-order valence-corrected chi connectivity index (χ1v) is 8.38. The second kappa shape index (κ2) is 7.67. The Morgan fingerprint density at radius 1 is 1.14 bits per heavy atom. The van der Waals surface area contributed by atoms with E-state index in [4.69, 9.17) is 16.3 Å². The summed E-state index contributed by atoms with van der Waals surface area (Å²) in [5.74, 6) is -9.54. The van der Waals surface area contributed by atoms with Crippen molar-refractivity contribution in [1.82, 2.24) is 5.32 Å². The smallest absolute Gasteiger partial charge is 0.237 e. The lowest BCUT2D eigenvalue weighted by atomic mass is 9.87. The molecule has 1 saturated heterocycles. The molecule has 0 spiro atoms. The second-order valence-electron chi connectivity index (χ2n) is 6.03. The minimum atomic E-state index is -1.75. The van der Waals surface area contributed by atoms with Crippen LogP contribution in [0, 0.1) is 29.2 Å².